The van der Waals surface area contributed by atoms with Crippen molar-refractivity contribution in [2.45, 2.75) is 13.1 Å². The Morgan fingerprint density at radius 2 is 1.48 bits per heavy atom. The Labute approximate surface area is 154 Å². The van der Waals surface area contributed by atoms with Gasteiger partial charge in [-0.1, -0.05) is 53.7 Å². The number of hydrogen-bond donors (Lipinski definition) is 0. The van der Waals surface area contributed by atoms with Gasteiger partial charge in [0.1, 0.15) is 5.69 Å². The van der Waals surface area contributed by atoms with Crippen molar-refractivity contribution in [1.29, 1.82) is 0 Å². The second kappa shape index (κ2) is 7.25. The first-order valence-electron chi connectivity index (χ1n) is 8.51. The Bertz CT molecular complexity index is 1160. The van der Waals surface area contributed by atoms with E-state index in [9.17, 15) is 9.59 Å². The highest BCUT2D eigenvalue weighted by atomic mass is 16.2. The molecule has 0 N–H and O–H groups in total. The first-order valence-corrected chi connectivity index (χ1v) is 8.51. The van der Waals surface area contributed by atoms with Crippen LogP contribution in [0.3, 0.4) is 0 Å². The van der Waals surface area contributed by atoms with Gasteiger partial charge in [-0.25, -0.2) is 4.68 Å². The van der Waals surface area contributed by atoms with Crippen molar-refractivity contribution in [3.63, 3.8) is 0 Å². The highest BCUT2D eigenvalue weighted by molar-refractivity contribution is 5.31. The van der Waals surface area contributed by atoms with Crippen LogP contribution in [0.5, 0.6) is 0 Å². The third-order valence-corrected chi connectivity index (χ3v) is 4.20. The summed E-state index contributed by atoms with van der Waals surface area (Å²) >= 11 is 0. The lowest BCUT2D eigenvalue weighted by molar-refractivity contribution is 0.648. The number of hydrogen-bond acceptors (Lipinski definition) is 4. The van der Waals surface area contributed by atoms with E-state index in [1.807, 2.05) is 48.5 Å². The van der Waals surface area contributed by atoms with Crippen molar-refractivity contribution in [2.24, 2.45) is 0 Å². The molecule has 0 saturated carbocycles. The fourth-order valence-corrected chi connectivity index (χ4v) is 2.86. The summed E-state index contributed by atoms with van der Waals surface area (Å²) in [6, 6.07) is 19.0. The van der Waals surface area contributed by atoms with Crippen LogP contribution in [0, 0.1) is 0 Å². The molecule has 0 spiro atoms. The minimum atomic E-state index is -0.598. The Hall–Kier alpha value is -3.74. The van der Waals surface area contributed by atoms with Crippen molar-refractivity contribution in [2.75, 3.05) is 0 Å². The van der Waals surface area contributed by atoms with Crippen LogP contribution < -0.4 is 11.1 Å². The molecule has 134 valence electrons. The third-order valence-electron chi connectivity index (χ3n) is 4.20. The van der Waals surface area contributed by atoms with E-state index in [1.165, 1.54) is 9.13 Å². The van der Waals surface area contributed by atoms with Gasteiger partial charge >= 0.3 is 11.1 Å². The molecule has 2 heterocycles. The highest BCUT2D eigenvalue weighted by Crippen LogP contribution is 2.04. The van der Waals surface area contributed by atoms with Gasteiger partial charge in [-0.2, -0.15) is 0 Å². The molecule has 7 heteroatoms. The van der Waals surface area contributed by atoms with Crippen LogP contribution in [-0.2, 0) is 13.1 Å². The van der Waals surface area contributed by atoms with Crippen LogP contribution in [0.25, 0.3) is 5.69 Å². The van der Waals surface area contributed by atoms with Gasteiger partial charge in [0.05, 0.1) is 19.3 Å². The normalized spacial score (nSPS) is 10.8. The molecule has 0 saturated heterocycles. The molecular formula is C20H17N5O2. The standard InChI is InChI=1S/C20H17N5O2/c26-19-20(27)25(18-9-5-2-6-10-18)12-11-23(19)14-17-15-24(22-21-17)13-16-7-3-1-4-8-16/h1-12,15H,13-14H2. The molecule has 0 aliphatic heterocycles. The summed E-state index contributed by atoms with van der Waals surface area (Å²) in [5.74, 6) is 0. The lowest BCUT2D eigenvalue weighted by Gasteiger charge is -2.07. The van der Waals surface area contributed by atoms with E-state index >= 15 is 0 Å². The van der Waals surface area contributed by atoms with Gasteiger partial charge in [-0.05, 0) is 17.7 Å². The first kappa shape index (κ1) is 16.7. The van der Waals surface area contributed by atoms with Crippen LogP contribution in [-0.4, -0.2) is 24.1 Å². The van der Waals surface area contributed by atoms with Crippen LogP contribution in [0.4, 0.5) is 0 Å². The highest BCUT2D eigenvalue weighted by Gasteiger charge is 2.09. The second-order valence-corrected chi connectivity index (χ2v) is 6.13. The van der Waals surface area contributed by atoms with E-state index in [-0.39, 0.29) is 6.54 Å². The summed E-state index contributed by atoms with van der Waals surface area (Å²) in [5.41, 5.74) is 1.18. The van der Waals surface area contributed by atoms with E-state index in [0.29, 0.717) is 17.9 Å². The maximum atomic E-state index is 12.4. The van der Waals surface area contributed by atoms with Crippen molar-refractivity contribution in [3.8, 4) is 5.69 Å². The molecule has 0 unspecified atom stereocenters. The largest absolute Gasteiger partial charge is 0.320 e. The maximum absolute atomic E-state index is 12.4. The van der Waals surface area contributed by atoms with Crippen LogP contribution in [0.1, 0.15) is 11.3 Å². The number of benzene rings is 2. The minimum absolute atomic E-state index is 0.193. The average Bonchev–Trinajstić information content (AvgIpc) is 3.14. The average molecular weight is 359 g/mol. The Morgan fingerprint density at radius 3 is 2.22 bits per heavy atom. The molecule has 2 aromatic carbocycles. The molecule has 0 bridgehead atoms. The zero-order valence-electron chi connectivity index (χ0n) is 14.5. The zero-order valence-corrected chi connectivity index (χ0v) is 14.5. The van der Waals surface area contributed by atoms with Gasteiger partial charge in [0, 0.05) is 18.1 Å². The Balaban J connectivity index is 1.56. The van der Waals surface area contributed by atoms with E-state index in [4.69, 9.17) is 0 Å². The van der Waals surface area contributed by atoms with Crippen molar-refractivity contribution in [3.05, 3.63) is 111 Å². The van der Waals surface area contributed by atoms with Crippen LogP contribution >= 0.6 is 0 Å². The maximum Gasteiger partial charge on any atom is 0.320 e. The summed E-state index contributed by atoms with van der Waals surface area (Å²) in [4.78, 5) is 24.9. The molecule has 7 nitrogen and oxygen atoms in total. The van der Waals surface area contributed by atoms with Gasteiger partial charge in [-0.3, -0.25) is 14.2 Å². The first-order chi connectivity index (χ1) is 13.2. The molecule has 0 aliphatic rings. The molecule has 0 aliphatic carbocycles. The molecule has 4 rings (SSSR count). The second-order valence-electron chi connectivity index (χ2n) is 6.13. The fraction of sp³-hybridized carbons (Fsp3) is 0.100. The molecule has 0 radical (unpaired) electrons. The number of aromatic nitrogens is 5. The predicted octanol–water partition coefficient (Wildman–Crippen LogP) is 1.69. The molecule has 27 heavy (non-hydrogen) atoms. The lowest BCUT2D eigenvalue weighted by atomic mass is 10.2. The summed E-state index contributed by atoms with van der Waals surface area (Å²) < 4.78 is 4.39. The molecule has 4 aromatic rings. The topological polar surface area (TPSA) is 74.7 Å². The van der Waals surface area contributed by atoms with Gasteiger partial charge in [0.2, 0.25) is 0 Å². The molecule has 0 amide bonds. The van der Waals surface area contributed by atoms with Crippen LogP contribution in [0.2, 0.25) is 0 Å². The van der Waals surface area contributed by atoms with E-state index in [1.54, 1.807) is 35.4 Å². The summed E-state index contributed by atoms with van der Waals surface area (Å²) in [5, 5.41) is 8.20. The number of nitrogens with zero attached hydrogens (tertiary/aromatic N) is 5. The fourth-order valence-electron chi connectivity index (χ4n) is 2.86. The van der Waals surface area contributed by atoms with Gasteiger partial charge in [0.15, 0.2) is 0 Å². The van der Waals surface area contributed by atoms with E-state index < -0.39 is 11.1 Å². The summed E-state index contributed by atoms with van der Waals surface area (Å²) in [7, 11) is 0. The lowest BCUT2D eigenvalue weighted by Crippen LogP contribution is -2.40. The SMILES string of the molecule is O=c1c(=O)n(-c2ccccc2)ccn1Cc1cn(Cc2ccccc2)nn1. The molecule has 0 atom stereocenters. The molecule has 0 fully saturated rings. The Kier molecular flexibility index (Phi) is 4.49. The van der Waals surface area contributed by atoms with Gasteiger partial charge < -0.3 is 4.57 Å². The molecular weight excluding hydrogens is 342 g/mol. The van der Waals surface area contributed by atoms with Crippen LogP contribution in [0.15, 0.2) is 88.8 Å². The quantitative estimate of drug-likeness (QED) is 0.508. The zero-order chi connectivity index (χ0) is 18.6. The minimum Gasteiger partial charge on any atom is -0.303 e. The van der Waals surface area contributed by atoms with Gasteiger partial charge in [-0.15, -0.1) is 5.10 Å². The summed E-state index contributed by atoms with van der Waals surface area (Å²) in [6.45, 7) is 0.789. The Morgan fingerprint density at radius 1 is 0.778 bits per heavy atom. The van der Waals surface area contributed by atoms with Crippen molar-refractivity contribution in [1.82, 2.24) is 24.1 Å². The number of rotatable bonds is 5. The summed E-state index contributed by atoms with van der Waals surface area (Å²) in [6.07, 6.45) is 4.96. The monoisotopic (exact) mass is 359 g/mol. The smallest absolute Gasteiger partial charge is 0.303 e. The van der Waals surface area contributed by atoms with Crippen molar-refractivity contribution >= 4 is 0 Å². The van der Waals surface area contributed by atoms with Gasteiger partial charge in [0.25, 0.3) is 0 Å². The van der Waals surface area contributed by atoms with E-state index in [0.717, 1.165) is 5.56 Å². The van der Waals surface area contributed by atoms with E-state index in [2.05, 4.69) is 10.3 Å². The number of para-hydroxylation sites is 1. The van der Waals surface area contributed by atoms with Crippen molar-refractivity contribution < 1.29 is 0 Å². The predicted molar refractivity (Wildman–Crippen MR) is 101 cm³/mol. The third kappa shape index (κ3) is 3.62. The molecule has 2 aromatic heterocycles.